The van der Waals surface area contributed by atoms with E-state index in [2.05, 4.69) is 4.74 Å². The van der Waals surface area contributed by atoms with Crippen molar-refractivity contribution in [3.05, 3.63) is 47.5 Å². The van der Waals surface area contributed by atoms with Crippen molar-refractivity contribution in [2.75, 3.05) is 14.2 Å². The number of esters is 1. The van der Waals surface area contributed by atoms with Crippen molar-refractivity contribution < 1.29 is 18.9 Å². The van der Waals surface area contributed by atoms with Gasteiger partial charge in [-0.15, -0.1) is 0 Å². The molecule has 4 nitrogen and oxygen atoms in total. The largest absolute Gasteiger partial charge is 0.461 e. The van der Waals surface area contributed by atoms with Crippen LogP contribution in [0.5, 0.6) is 0 Å². The maximum Gasteiger partial charge on any atom is 0.407 e. The van der Waals surface area contributed by atoms with E-state index in [1.165, 1.54) is 13.2 Å². The predicted molar refractivity (Wildman–Crippen MR) is 71.2 cm³/mol. The first kappa shape index (κ1) is 13.2. The molecule has 1 heterocycles. The smallest absolute Gasteiger partial charge is 0.407 e. The van der Waals surface area contributed by atoms with Crippen molar-refractivity contribution in [3.8, 4) is 0 Å². The number of hydrogen-bond donors (Lipinski definition) is 0. The number of carbonyl (C=O) groups excluding carboxylic acids is 2. The van der Waals surface area contributed by atoms with Crippen molar-refractivity contribution in [2.45, 2.75) is 13.0 Å². The van der Waals surface area contributed by atoms with Gasteiger partial charge in [0.05, 0.1) is 7.11 Å². The van der Waals surface area contributed by atoms with Crippen LogP contribution in [0.25, 0.3) is 0 Å². The molecule has 0 spiro atoms. The van der Waals surface area contributed by atoms with E-state index in [-0.39, 0.29) is 17.5 Å². The Kier molecular flexibility index (Phi) is 3.60. The third-order valence-electron chi connectivity index (χ3n) is 3.26. The normalized spacial score (nSPS) is 19.2. The molecular formula is C15H16NO3+. The topological polar surface area (TPSA) is 46.4 Å². The molecule has 0 saturated carbocycles. The average molecular weight is 258 g/mol. The number of methoxy groups -OCH3 is 1. The third-order valence-corrected chi connectivity index (χ3v) is 3.26. The standard InChI is InChI=1S/C15H16NO3/c1-10-9-12(17)14(15(18)19-3)16(2)13(10)11-7-5-4-6-8-11/h4-9,13H,1-3H3/q+1. The summed E-state index contributed by atoms with van der Waals surface area (Å²) in [6, 6.07) is 9.64. The Morgan fingerprint density at radius 2 is 1.89 bits per heavy atom. The average Bonchev–Trinajstić information content (AvgIpc) is 2.39. The Morgan fingerprint density at radius 1 is 1.26 bits per heavy atom. The fourth-order valence-corrected chi connectivity index (χ4v) is 2.43. The second-order valence-corrected chi connectivity index (χ2v) is 4.52. The molecular weight excluding hydrogens is 242 g/mol. The number of allylic oxidation sites excluding steroid dienone is 1. The number of ketones is 1. The minimum atomic E-state index is -0.600. The van der Waals surface area contributed by atoms with Crippen molar-refractivity contribution in [1.29, 1.82) is 0 Å². The summed E-state index contributed by atoms with van der Waals surface area (Å²) in [5.74, 6) is -0.906. The van der Waals surface area contributed by atoms with Crippen molar-refractivity contribution >= 4 is 17.5 Å². The number of benzene rings is 1. The summed E-state index contributed by atoms with van der Waals surface area (Å²) in [6.07, 6.45) is 1.50. The molecule has 1 aromatic rings. The van der Waals surface area contributed by atoms with Crippen LogP contribution in [0, 0.1) is 0 Å². The fraction of sp³-hybridized carbons (Fsp3) is 0.267. The van der Waals surface area contributed by atoms with Crippen LogP contribution in [0.3, 0.4) is 0 Å². The SMILES string of the molecule is COC(=O)C1=[N+](C)C(c2ccccc2)C(C)=CC1=O. The summed E-state index contributed by atoms with van der Waals surface area (Å²) in [4.78, 5) is 23.7. The van der Waals surface area contributed by atoms with Crippen LogP contribution in [-0.4, -0.2) is 36.2 Å². The minimum absolute atomic E-state index is 0.0713. The molecule has 19 heavy (non-hydrogen) atoms. The molecule has 0 amide bonds. The van der Waals surface area contributed by atoms with E-state index in [0.717, 1.165) is 11.1 Å². The zero-order valence-corrected chi connectivity index (χ0v) is 11.2. The van der Waals surface area contributed by atoms with Gasteiger partial charge < -0.3 is 4.74 Å². The summed E-state index contributed by atoms with van der Waals surface area (Å²) < 4.78 is 6.36. The van der Waals surface area contributed by atoms with E-state index in [1.54, 1.807) is 11.6 Å². The van der Waals surface area contributed by atoms with Gasteiger partial charge >= 0.3 is 11.7 Å². The third kappa shape index (κ3) is 2.34. The fourth-order valence-electron chi connectivity index (χ4n) is 2.43. The molecule has 1 aliphatic heterocycles. The quantitative estimate of drug-likeness (QED) is 0.597. The van der Waals surface area contributed by atoms with Gasteiger partial charge in [-0.3, -0.25) is 4.79 Å². The van der Waals surface area contributed by atoms with Crippen molar-refractivity contribution in [2.24, 2.45) is 0 Å². The molecule has 0 aromatic heterocycles. The van der Waals surface area contributed by atoms with Crippen molar-refractivity contribution in [1.82, 2.24) is 0 Å². The summed E-state index contributed by atoms with van der Waals surface area (Å²) in [5, 5.41) is 0. The first-order valence-corrected chi connectivity index (χ1v) is 6.02. The molecule has 0 aliphatic carbocycles. The van der Waals surface area contributed by atoms with E-state index in [9.17, 15) is 9.59 Å². The molecule has 0 N–H and O–H groups in total. The lowest BCUT2D eigenvalue weighted by Gasteiger charge is -2.19. The minimum Gasteiger partial charge on any atom is -0.461 e. The summed E-state index contributed by atoms with van der Waals surface area (Å²) in [5.41, 5.74) is 2.01. The molecule has 0 bridgehead atoms. The number of likely N-dealkylation sites (N-methyl/N-ethyl adjacent to an activating group) is 1. The maximum absolute atomic E-state index is 11.9. The number of ether oxygens (including phenoxy) is 1. The summed E-state index contributed by atoms with van der Waals surface area (Å²) in [7, 11) is 3.01. The van der Waals surface area contributed by atoms with E-state index < -0.39 is 5.97 Å². The number of carbonyl (C=O) groups is 2. The van der Waals surface area contributed by atoms with Gasteiger partial charge in [0.2, 0.25) is 0 Å². The molecule has 2 rings (SSSR count). The Bertz CT molecular complexity index is 585. The highest BCUT2D eigenvalue weighted by molar-refractivity contribution is 6.65. The van der Waals surface area contributed by atoms with Crippen molar-refractivity contribution in [3.63, 3.8) is 0 Å². The highest BCUT2D eigenvalue weighted by atomic mass is 16.5. The first-order valence-electron chi connectivity index (χ1n) is 6.02. The van der Waals surface area contributed by atoms with Crippen LogP contribution in [0.2, 0.25) is 0 Å². The molecule has 1 aliphatic rings. The second kappa shape index (κ2) is 5.18. The molecule has 0 saturated heterocycles. The molecule has 4 heteroatoms. The van der Waals surface area contributed by atoms with Gasteiger partial charge in [0.1, 0.15) is 7.05 Å². The van der Waals surface area contributed by atoms with Crippen LogP contribution in [0.15, 0.2) is 42.0 Å². The van der Waals surface area contributed by atoms with E-state index >= 15 is 0 Å². The van der Waals surface area contributed by atoms with Crippen LogP contribution in [0.4, 0.5) is 0 Å². The highest BCUT2D eigenvalue weighted by Gasteiger charge is 2.38. The van der Waals surface area contributed by atoms with Gasteiger partial charge in [-0.05, 0) is 13.0 Å². The maximum atomic E-state index is 11.9. The number of hydrogen-bond acceptors (Lipinski definition) is 3. The van der Waals surface area contributed by atoms with Gasteiger partial charge in [0.25, 0.3) is 5.78 Å². The van der Waals surface area contributed by atoms with Gasteiger partial charge in [0.15, 0.2) is 6.04 Å². The lowest BCUT2D eigenvalue weighted by molar-refractivity contribution is -0.533. The Hall–Kier alpha value is -2.23. The van der Waals surface area contributed by atoms with Gasteiger partial charge in [-0.25, -0.2) is 9.37 Å². The van der Waals surface area contributed by atoms with E-state index in [1.807, 2.05) is 37.3 Å². The molecule has 98 valence electrons. The molecule has 1 atom stereocenters. The van der Waals surface area contributed by atoms with Gasteiger partial charge in [-0.2, -0.15) is 0 Å². The number of rotatable bonds is 2. The molecule has 0 fully saturated rings. The molecule has 1 unspecified atom stereocenters. The van der Waals surface area contributed by atoms with Gasteiger partial charge in [-0.1, -0.05) is 30.3 Å². The van der Waals surface area contributed by atoms with Crippen LogP contribution in [0.1, 0.15) is 18.5 Å². The zero-order valence-electron chi connectivity index (χ0n) is 11.2. The Morgan fingerprint density at radius 3 is 2.47 bits per heavy atom. The summed E-state index contributed by atoms with van der Waals surface area (Å²) >= 11 is 0. The number of nitrogens with zero attached hydrogens (tertiary/aromatic N) is 1. The van der Waals surface area contributed by atoms with Gasteiger partial charge in [0, 0.05) is 11.1 Å². The second-order valence-electron chi connectivity index (χ2n) is 4.52. The molecule has 0 radical (unpaired) electrons. The lowest BCUT2D eigenvalue weighted by Crippen LogP contribution is -2.38. The zero-order chi connectivity index (χ0) is 14.0. The first-order chi connectivity index (χ1) is 9.06. The summed E-state index contributed by atoms with van der Waals surface area (Å²) in [6.45, 7) is 1.89. The van der Waals surface area contributed by atoms with Crippen LogP contribution in [-0.2, 0) is 14.3 Å². The lowest BCUT2D eigenvalue weighted by atomic mass is 9.94. The van der Waals surface area contributed by atoms with Crippen LogP contribution >= 0.6 is 0 Å². The monoisotopic (exact) mass is 258 g/mol. The molecule has 1 aromatic carbocycles. The van der Waals surface area contributed by atoms with Crippen LogP contribution < -0.4 is 0 Å². The van der Waals surface area contributed by atoms with E-state index in [4.69, 9.17) is 0 Å². The Labute approximate surface area is 112 Å². The Balaban J connectivity index is 2.54. The highest BCUT2D eigenvalue weighted by Crippen LogP contribution is 2.27. The predicted octanol–water partition coefficient (Wildman–Crippen LogP) is 1.51. The van der Waals surface area contributed by atoms with E-state index in [0.29, 0.717) is 0 Å².